The molecule has 3 heteroatoms. The van der Waals surface area contributed by atoms with Crippen molar-refractivity contribution in [2.45, 2.75) is 97.7 Å². The SMILES string of the molecule is CC(=O)O[C@H]1CC[C@@]2(C)[C@@H](CC[C@@H]3[C@@H]2CC[C@]2(C)[C@@H]([C@H](C)O)CC[C@@H]32)C1. The quantitative estimate of drug-likeness (QED) is 0.706. The fourth-order valence-electron chi connectivity index (χ4n) is 8.39. The molecule has 0 aromatic heterocycles. The van der Waals surface area contributed by atoms with Crippen molar-refractivity contribution in [2.75, 3.05) is 0 Å². The summed E-state index contributed by atoms with van der Waals surface area (Å²) in [5, 5.41) is 10.4. The molecule has 148 valence electrons. The minimum Gasteiger partial charge on any atom is -0.463 e. The zero-order chi connectivity index (χ0) is 18.7. The first kappa shape index (κ1) is 18.8. The van der Waals surface area contributed by atoms with E-state index >= 15 is 0 Å². The summed E-state index contributed by atoms with van der Waals surface area (Å²) in [7, 11) is 0. The van der Waals surface area contributed by atoms with Gasteiger partial charge in [-0.2, -0.15) is 0 Å². The van der Waals surface area contributed by atoms with E-state index in [-0.39, 0.29) is 18.2 Å². The summed E-state index contributed by atoms with van der Waals surface area (Å²) in [6, 6.07) is 0. The van der Waals surface area contributed by atoms with Crippen molar-refractivity contribution in [1.29, 1.82) is 0 Å². The number of hydrogen-bond donors (Lipinski definition) is 1. The number of fused-ring (bicyclic) bond motifs is 5. The van der Waals surface area contributed by atoms with Crippen molar-refractivity contribution in [3.05, 3.63) is 0 Å². The third-order valence-corrected chi connectivity index (χ3v) is 9.61. The monoisotopic (exact) mass is 362 g/mol. The van der Waals surface area contributed by atoms with E-state index in [1.807, 2.05) is 6.92 Å². The highest BCUT2D eigenvalue weighted by Gasteiger charge is 2.60. The van der Waals surface area contributed by atoms with E-state index in [1.54, 1.807) is 6.92 Å². The number of ether oxygens (including phenoxy) is 1. The van der Waals surface area contributed by atoms with Crippen LogP contribution in [0.4, 0.5) is 0 Å². The average Bonchev–Trinajstić information content (AvgIpc) is 2.92. The maximum Gasteiger partial charge on any atom is 0.302 e. The topological polar surface area (TPSA) is 46.5 Å². The van der Waals surface area contributed by atoms with E-state index in [0.717, 1.165) is 36.5 Å². The van der Waals surface area contributed by atoms with E-state index in [9.17, 15) is 9.90 Å². The van der Waals surface area contributed by atoms with Crippen LogP contribution >= 0.6 is 0 Å². The lowest BCUT2D eigenvalue weighted by atomic mass is 9.44. The normalized spacial score (nSPS) is 51.7. The summed E-state index contributed by atoms with van der Waals surface area (Å²) in [5.74, 6) is 3.61. The molecule has 1 N–H and O–H groups in total. The molecule has 0 radical (unpaired) electrons. The molecule has 4 aliphatic carbocycles. The maximum atomic E-state index is 11.4. The van der Waals surface area contributed by atoms with Crippen molar-refractivity contribution in [3.8, 4) is 0 Å². The average molecular weight is 363 g/mol. The molecule has 0 spiro atoms. The van der Waals surface area contributed by atoms with Gasteiger partial charge in [-0.3, -0.25) is 4.79 Å². The van der Waals surface area contributed by atoms with Gasteiger partial charge < -0.3 is 9.84 Å². The minimum absolute atomic E-state index is 0.115. The first-order valence-corrected chi connectivity index (χ1v) is 11.1. The molecule has 0 heterocycles. The Labute approximate surface area is 159 Å². The number of carbonyl (C=O) groups is 1. The molecule has 9 atom stereocenters. The highest BCUT2D eigenvalue weighted by Crippen LogP contribution is 2.67. The molecule has 0 aromatic rings. The molecule has 0 aliphatic heterocycles. The lowest BCUT2D eigenvalue weighted by Gasteiger charge is -2.61. The Hall–Kier alpha value is -0.570. The first-order chi connectivity index (χ1) is 12.3. The molecule has 0 unspecified atom stereocenters. The Kier molecular flexibility index (Phi) is 4.69. The second kappa shape index (κ2) is 6.50. The van der Waals surface area contributed by atoms with Crippen LogP contribution in [0, 0.1) is 40.4 Å². The highest BCUT2D eigenvalue weighted by atomic mass is 16.5. The largest absolute Gasteiger partial charge is 0.463 e. The second-order valence-corrected chi connectivity index (χ2v) is 10.6. The Bertz CT molecular complexity index is 558. The van der Waals surface area contributed by atoms with Gasteiger partial charge in [-0.25, -0.2) is 0 Å². The first-order valence-electron chi connectivity index (χ1n) is 11.1. The van der Waals surface area contributed by atoms with Gasteiger partial charge in [-0.1, -0.05) is 13.8 Å². The van der Waals surface area contributed by atoms with E-state index < -0.39 is 0 Å². The van der Waals surface area contributed by atoms with Gasteiger partial charge in [0.25, 0.3) is 0 Å². The van der Waals surface area contributed by atoms with Crippen molar-refractivity contribution in [2.24, 2.45) is 40.4 Å². The molecule has 3 nitrogen and oxygen atoms in total. The Morgan fingerprint density at radius 3 is 2.38 bits per heavy atom. The van der Waals surface area contributed by atoms with Gasteiger partial charge in [0.1, 0.15) is 6.10 Å². The predicted molar refractivity (Wildman–Crippen MR) is 102 cm³/mol. The van der Waals surface area contributed by atoms with Gasteiger partial charge in [0.15, 0.2) is 0 Å². The summed E-state index contributed by atoms with van der Waals surface area (Å²) in [4.78, 5) is 11.4. The van der Waals surface area contributed by atoms with Crippen LogP contribution in [0.25, 0.3) is 0 Å². The van der Waals surface area contributed by atoms with Crippen LogP contribution in [0.3, 0.4) is 0 Å². The molecular formula is C23H38O3. The van der Waals surface area contributed by atoms with E-state index in [4.69, 9.17) is 4.74 Å². The van der Waals surface area contributed by atoms with E-state index in [1.165, 1.54) is 44.9 Å². The van der Waals surface area contributed by atoms with Crippen molar-refractivity contribution >= 4 is 5.97 Å². The molecule has 4 rings (SSSR count). The number of aliphatic hydroxyl groups is 1. The van der Waals surface area contributed by atoms with Crippen LogP contribution in [0.2, 0.25) is 0 Å². The number of aliphatic hydroxyl groups excluding tert-OH is 1. The van der Waals surface area contributed by atoms with Crippen LogP contribution in [-0.4, -0.2) is 23.3 Å². The Morgan fingerprint density at radius 2 is 1.69 bits per heavy atom. The van der Waals surface area contributed by atoms with Crippen LogP contribution in [0.15, 0.2) is 0 Å². The molecule has 26 heavy (non-hydrogen) atoms. The standard InChI is InChI=1S/C23H38O3/c1-14(24)19-7-8-20-18-6-5-16-13-17(26-15(2)25)9-11-22(16,3)21(18)10-12-23(19,20)4/h14,16-21,24H,5-13H2,1-4H3/t14-,16-,17-,18-,19+,20-,21-,22-,23+/m0/s1. The smallest absolute Gasteiger partial charge is 0.302 e. The number of hydrogen-bond acceptors (Lipinski definition) is 3. The molecule has 0 bridgehead atoms. The highest BCUT2D eigenvalue weighted by molar-refractivity contribution is 5.66. The molecule has 4 fully saturated rings. The van der Waals surface area contributed by atoms with Crippen molar-refractivity contribution < 1.29 is 14.6 Å². The third-order valence-electron chi connectivity index (χ3n) is 9.61. The fraction of sp³-hybridized carbons (Fsp3) is 0.957. The van der Waals surface area contributed by atoms with Gasteiger partial charge in [0.05, 0.1) is 6.10 Å². The van der Waals surface area contributed by atoms with Crippen LogP contribution < -0.4 is 0 Å². The lowest BCUT2D eigenvalue weighted by Crippen LogP contribution is -2.54. The summed E-state index contributed by atoms with van der Waals surface area (Å²) < 4.78 is 5.58. The lowest BCUT2D eigenvalue weighted by molar-refractivity contribution is -0.161. The molecule has 4 saturated carbocycles. The van der Waals surface area contributed by atoms with E-state index in [2.05, 4.69) is 13.8 Å². The maximum absolute atomic E-state index is 11.4. The summed E-state index contributed by atoms with van der Waals surface area (Å²) in [6.07, 6.45) is 11.2. The molecular weight excluding hydrogens is 324 g/mol. The number of esters is 1. The third kappa shape index (κ3) is 2.75. The van der Waals surface area contributed by atoms with E-state index in [0.29, 0.717) is 16.7 Å². The Morgan fingerprint density at radius 1 is 1.00 bits per heavy atom. The van der Waals surface area contributed by atoms with Crippen LogP contribution in [0.5, 0.6) is 0 Å². The minimum atomic E-state index is -0.160. The van der Waals surface area contributed by atoms with Gasteiger partial charge in [-0.15, -0.1) is 0 Å². The summed E-state index contributed by atoms with van der Waals surface area (Å²) in [6.45, 7) is 8.61. The van der Waals surface area contributed by atoms with Crippen LogP contribution in [0.1, 0.15) is 85.5 Å². The van der Waals surface area contributed by atoms with Gasteiger partial charge in [0.2, 0.25) is 0 Å². The Balaban J connectivity index is 1.53. The number of carbonyl (C=O) groups excluding carboxylic acids is 1. The second-order valence-electron chi connectivity index (χ2n) is 10.6. The number of rotatable bonds is 2. The predicted octanol–water partition coefficient (Wildman–Crippen LogP) is 4.96. The van der Waals surface area contributed by atoms with Gasteiger partial charge in [0, 0.05) is 6.92 Å². The summed E-state index contributed by atoms with van der Waals surface area (Å²) in [5.41, 5.74) is 0.789. The van der Waals surface area contributed by atoms with Gasteiger partial charge in [-0.05, 0) is 105 Å². The molecule has 0 aromatic carbocycles. The van der Waals surface area contributed by atoms with Gasteiger partial charge >= 0.3 is 5.97 Å². The van der Waals surface area contributed by atoms with Crippen molar-refractivity contribution in [3.63, 3.8) is 0 Å². The molecule has 0 saturated heterocycles. The zero-order valence-corrected chi connectivity index (χ0v) is 17.2. The zero-order valence-electron chi connectivity index (χ0n) is 17.2. The molecule has 4 aliphatic rings. The summed E-state index contributed by atoms with van der Waals surface area (Å²) >= 11 is 0. The fourth-order valence-corrected chi connectivity index (χ4v) is 8.39. The van der Waals surface area contributed by atoms with Crippen LogP contribution in [-0.2, 0) is 9.53 Å². The van der Waals surface area contributed by atoms with Crippen molar-refractivity contribution in [1.82, 2.24) is 0 Å². The molecule has 0 amide bonds.